The van der Waals surface area contributed by atoms with Gasteiger partial charge in [-0.1, -0.05) is 18.6 Å². The fraction of sp³-hybridized carbons (Fsp3) is 0.316. The SMILES string of the molecule is NS(=O)(=O)c1ncc(-c2ccc(F)cc2)cc1CC1CCCC12NC(=O)NC2=O. The number of primary sulfonamides is 1. The molecular formula is C19H19FN4O4S. The summed E-state index contributed by atoms with van der Waals surface area (Å²) in [5.74, 6) is -1.09. The molecule has 1 aromatic carbocycles. The smallest absolute Gasteiger partial charge is 0.322 e. The van der Waals surface area contributed by atoms with Gasteiger partial charge in [0.15, 0.2) is 5.03 Å². The molecule has 2 unspecified atom stereocenters. The maximum Gasteiger partial charge on any atom is 0.322 e. The van der Waals surface area contributed by atoms with Crippen LogP contribution in [-0.4, -0.2) is 30.9 Å². The van der Waals surface area contributed by atoms with E-state index in [0.29, 0.717) is 36.0 Å². The van der Waals surface area contributed by atoms with Crippen molar-refractivity contribution in [1.29, 1.82) is 0 Å². The van der Waals surface area contributed by atoms with Gasteiger partial charge < -0.3 is 5.32 Å². The molecule has 2 aliphatic rings. The van der Waals surface area contributed by atoms with Gasteiger partial charge in [0.1, 0.15) is 11.4 Å². The van der Waals surface area contributed by atoms with E-state index in [1.54, 1.807) is 18.2 Å². The second-order valence-corrected chi connectivity index (χ2v) is 8.89. The van der Waals surface area contributed by atoms with Crippen molar-refractivity contribution in [2.24, 2.45) is 11.1 Å². The van der Waals surface area contributed by atoms with Crippen molar-refractivity contribution in [3.63, 3.8) is 0 Å². The summed E-state index contributed by atoms with van der Waals surface area (Å²) in [6.45, 7) is 0. The van der Waals surface area contributed by atoms with Crippen LogP contribution in [0.2, 0.25) is 0 Å². The maximum atomic E-state index is 13.2. The third-order valence-corrected chi connectivity index (χ3v) is 6.53. The van der Waals surface area contributed by atoms with Gasteiger partial charge in [0, 0.05) is 11.8 Å². The summed E-state index contributed by atoms with van der Waals surface area (Å²) in [5, 5.41) is 10.1. The van der Waals surface area contributed by atoms with E-state index in [0.717, 1.165) is 0 Å². The van der Waals surface area contributed by atoms with Crippen molar-refractivity contribution in [2.75, 3.05) is 0 Å². The lowest BCUT2D eigenvalue weighted by atomic mass is 9.82. The predicted molar refractivity (Wildman–Crippen MR) is 101 cm³/mol. The van der Waals surface area contributed by atoms with Crippen LogP contribution >= 0.6 is 0 Å². The third kappa shape index (κ3) is 3.49. The van der Waals surface area contributed by atoms with E-state index < -0.39 is 27.5 Å². The van der Waals surface area contributed by atoms with Crippen molar-refractivity contribution in [1.82, 2.24) is 15.6 Å². The van der Waals surface area contributed by atoms with E-state index >= 15 is 0 Å². The highest BCUT2D eigenvalue weighted by atomic mass is 32.2. The van der Waals surface area contributed by atoms with Gasteiger partial charge in [-0.25, -0.2) is 27.7 Å². The number of carbonyl (C=O) groups is 2. The lowest BCUT2D eigenvalue weighted by molar-refractivity contribution is -0.125. The molecule has 3 amide bonds. The number of amides is 3. The molecule has 2 fully saturated rings. The summed E-state index contributed by atoms with van der Waals surface area (Å²) < 4.78 is 37.4. The normalized spacial score (nSPS) is 24.0. The van der Waals surface area contributed by atoms with E-state index in [2.05, 4.69) is 15.6 Å². The van der Waals surface area contributed by atoms with E-state index in [4.69, 9.17) is 5.14 Å². The molecule has 10 heteroatoms. The largest absolute Gasteiger partial charge is 0.323 e. The van der Waals surface area contributed by atoms with Crippen molar-refractivity contribution >= 4 is 22.0 Å². The molecule has 0 bridgehead atoms. The number of nitrogens with zero attached hydrogens (tertiary/aromatic N) is 1. The van der Waals surface area contributed by atoms with Crippen LogP contribution in [0.3, 0.4) is 0 Å². The molecule has 1 aromatic heterocycles. The Kier molecular flexibility index (Phi) is 4.62. The molecule has 1 spiro atoms. The number of sulfonamides is 1. The molecule has 2 atom stereocenters. The first-order valence-electron chi connectivity index (χ1n) is 9.10. The van der Waals surface area contributed by atoms with Gasteiger partial charge in [0.25, 0.3) is 15.9 Å². The molecular weight excluding hydrogens is 399 g/mol. The number of halogens is 1. The van der Waals surface area contributed by atoms with Crippen LogP contribution in [-0.2, 0) is 21.2 Å². The number of hydrogen-bond acceptors (Lipinski definition) is 5. The number of rotatable bonds is 4. The highest BCUT2D eigenvalue weighted by Gasteiger charge is 2.54. The standard InChI is InChI=1S/C19H19FN4O4S/c20-15-5-3-11(4-6-15)13-8-12(16(22-10-13)29(21,27)28)9-14-2-1-7-19(14)17(25)23-18(26)24-19/h3-6,8,10,14H,1-2,7,9H2,(H2,21,27,28)(H2,23,24,25,26). The predicted octanol–water partition coefficient (Wildman–Crippen LogP) is 1.46. The van der Waals surface area contributed by atoms with Gasteiger partial charge >= 0.3 is 6.03 Å². The summed E-state index contributed by atoms with van der Waals surface area (Å²) in [4.78, 5) is 28.2. The molecule has 1 aliphatic heterocycles. The average Bonchev–Trinajstić information content (AvgIpc) is 3.17. The number of hydrogen-bond donors (Lipinski definition) is 3. The van der Waals surface area contributed by atoms with Crippen LogP contribution in [0.15, 0.2) is 41.6 Å². The minimum atomic E-state index is -4.10. The van der Waals surface area contributed by atoms with Crippen LogP contribution in [0.5, 0.6) is 0 Å². The molecule has 2 heterocycles. The number of nitrogens with one attached hydrogen (secondary N) is 2. The summed E-state index contributed by atoms with van der Waals surface area (Å²) in [7, 11) is -4.10. The summed E-state index contributed by atoms with van der Waals surface area (Å²) in [5.41, 5.74) is 0.557. The van der Waals surface area contributed by atoms with Crippen LogP contribution in [0, 0.1) is 11.7 Å². The average molecular weight is 418 g/mol. The zero-order valence-electron chi connectivity index (χ0n) is 15.3. The molecule has 4 rings (SSSR count). The minimum Gasteiger partial charge on any atom is -0.323 e. The second kappa shape index (κ2) is 6.89. The number of urea groups is 1. The van der Waals surface area contributed by atoms with Crippen molar-refractivity contribution in [2.45, 2.75) is 36.2 Å². The van der Waals surface area contributed by atoms with Crippen LogP contribution < -0.4 is 15.8 Å². The number of benzene rings is 1. The van der Waals surface area contributed by atoms with Crippen LogP contribution in [0.1, 0.15) is 24.8 Å². The first kappa shape index (κ1) is 19.5. The topological polar surface area (TPSA) is 131 Å². The lowest BCUT2D eigenvalue weighted by Crippen LogP contribution is -2.50. The van der Waals surface area contributed by atoms with Crippen molar-refractivity contribution < 1.29 is 22.4 Å². The summed E-state index contributed by atoms with van der Waals surface area (Å²) >= 11 is 0. The summed E-state index contributed by atoms with van der Waals surface area (Å²) in [6.07, 6.45) is 3.39. The minimum absolute atomic E-state index is 0.196. The van der Waals surface area contributed by atoms with Gasteiger partial charge in [-0.3, -0.25) is 10.1 Å². The zero-order chi connectivity index (χ0) is 20.8. The molecule has 0 radical (unpaired) electrons. The molecule has 2 aromatic rings. The number of aromatic nitrogens is 1. The number of pyridine rings is 1. The maximum absolute atomic E-state index is 13.2. The van der Waals surface area contributed by atoms with Gasteiger partial charge in [-0.15, -0.1) is 0 Å². The van der Waals surface area contributed by atoms with Gasteiger partial charge in [0.2, 0.25) is 0 Å². The molecule has 1 saturated carbocycles. The first-order valence-corrected chi connectivity index (χ1v) is 10.6. The van der Waals surface area contributed by atoms with E-state index in [9.17, 15) is 22.4 Å². The fourth-order valence-electron chi connectivity index (χ4n) is 4.29. The molecule has 1 saturated heterocycles. The van der Waals surface area contributed by atoms with Crippen LogP contribution in [0.4, 0.5) is 9.18 Å². The van der Waals surface area contributed by atoms with Crippen molar-refractivity contribution in [3.8, 4) is 11.1 Å². The Bertz CT molecular complexity index is 1100. The third-order valence-electron chi connectivity index (χ3n) is 5.63. The highest BCUT2D eigenvalue weighted by Crippen LogP contribution is 2.40. The monoisotopic (exact) mass is 418 g/mol. The van der Waals surface area contributed by atoms with E-state index in [-0.39, 0.29) is 23.2 Å². The van der Waals surface area contributed by atoms with Crippen molar-refractivity contribution in [3.05, 3.63) is 47.9 Å². The van der Waals surface area contributed by atoms with Crippen LogP contribution in [0.25, 0.3) is 11.1 Å². The quantitative estimate of drug-likeness (QED) is 0.647. The number of imide groups is 1. The molecule has 1 aliphatic carbocycles. The molecule has 152 valence electrons. The Labute approximate surface area is 166 Å². The molecule has 29 heavy (non-hydrogen) atoms. The second-order valence-electron chi connectivity index (χ2n) is 7.41. The number of carbonyl (C=O) groups excluding carboxylic acids is 2. The molecule has 4 N–H and O–H groups in total. The Balaban J connectivity index is 1.75. The Morgan fingerprint density at radius 1 is 1.21 bits per heavy atom. The highest BCUT2D eigenvalue weighted by molar-refractivity contribution is 7.89. The first-order chi connectivity index (χ1) is 13.7. The summed E-state index contributed by atoms with van der Waals surface area (Å²) in [6, 6.07) is 6.82. The molecule has 8 nitrogen and oxygen atoms in total. The Morgan fingerprint density at radius 3 is 2.55 bits per heavy atom. The Morgan fingerprint density at radius 2 is 1.93 bits per heavy atom. The van der Waals surface area contributed by atoms with Gasteiger partial charge in [-0.05, 0) is 54.5 Å². The van der Waals surface area contributed by atoms with E-state index in [1.165, 1.54) is 18.3 Å². The lowest BCUT2D eigenvalue weighted by Gasteiger charge is -2.28. The zero-order valence-corrected chi connectivity index (χ0v) is 16.1. The number of nitrogens with two attached hydrogens (primary N) is 1. The Hall–Kier alpha value is -2.85. The van der Waals surface area contributed by atoms with Gasteiger partial charge in [0.05, 0.1) is 0 Å². The van der Waals surface area contributed by atoms with E-state index in [1.807, 2.05) is 0 Å². The fourth-order valence-corrected chi connectivity index (χ4v) is 5.00. The van der Waals surface area contributed by atoms with Gasteiger partial charge in [-0.2, -0.15) is 0 Å².